The van der Waals surface area contributed by atoms with E-state index in [1.807, 2.05) is 0 Å². The Morgan fingerprint density at radius 3 is 0.716 bits per heavy atom. The maximum atomic E-state index is 17.5. The van der Waals surface area contributed by atoms with Crippen LogP contribution in [-0.2, 0) is 66.6 Å². The van der Waals surface area contributed by atoms with Crippen LogP contribution in [0.2, 0.25) is 0 Å². The molecule has 0 aliphatic heterocycles. The first kappa shape index (κ1) is 104. The minimum absolute atomic E-state index is 0.342. The van der Waals surface area contributed by atoms with E-state index in [-0.39, 0.29) is 8.97 Å². The summed E-state index contributed by atoms with van der Waals surface area (Å²) in [7, 11) is 18.5. The summed E-state index contributed by atoms with van der Waals surface area (Å²) >= 11 is 0. The third-order valence-corrected chi connectivity index (χ3v) is 14.7. The number of nitrogens with zero attached hydrogens (tertiary/aromatic N) is 5. The molecule has 646 valence electrons. The molecular weight excluding hydrogens is 1610 g/mol. The van der Waals surface area contributed by atoms with Crippen molar-refractivity contribution >= 4 is 29.8 Å². The van der Waals surface area contributed by atoms with Crippen LogP contribution >= 0.6 is 0 Å². The van der Waals surface area contributed by atoms with Crippen LogP contribution in [-0.4, -0.2) is 320 Å². The number of halogens is 34. The van der Waals surface area contributed by atoms with Crippen molar-refractivity contribution in [3.63, 3.8) is 0 Å². The molecule has 0 aromatic carbocycles. The number of carbonyl (C=O) groups is 5. The van der Waals surface area contributed by atoms with Crippen LogP contribution in [0.15, 0.2) is 0 Å². The van der Waals surface area contributed by atoms with Crippen molar-refractivity contribution in [3.8, 4) is 0 Å². The fourth-order valence-corrected chi connectivity index (χ4v) is 8.27. The Morgan fingerprint density at radius 2 is 0.486 bits per heavy atom. The van der Waals surface area contributed by atoms with Gasteiger partial charge >= 0.3 is 127 Å². The maximum Gasteiger partial charge on any atom is 0.462 e. The summed E-state index contributed by atoms with van der Waals surface area (Å²) in [4.78, 5) is 71.6. The lowest BCUT2D eigenvalue weighted by molar-refractivity contribution is -0.870. The number of esters is 5. The van der Waals surface area contributed by atoms with Crippen LogP contribution in [0.4, 0.5) is 149 Å². The largest absolute Gasteiger partial charge is 0.462 e. The van der Waals surface area contributed by atoms with Crippen molar-refractivity contribution in [2.75, 3.05) is 171 Å². The summed E-state index contributed by atoms with van der Waals surface area (Å²) in [5.74, 6) is -79.3. The topological polar surface area (TPSA) is 168 Å². The molecule has 0 rings (SSSR count). The van der Waals surface area contributed by atoms with Crippen LogP contribution in [0.5, 0.6) is 0 Å². The molecule has 0 amide bonds. The highest BCUT2D eigenvalue weighted by Gasteiger charge is 2.87. The summed E-state index contributed by atoms with van der Waals surface area (Å²) in [6.07, 6.45) is -95.4. The molecule has 0 aromatic rings. The second-order valence-corrected chi connectivity index (χ2v) is 29.6. The summed E-state index contributed by atoms with van der Waals surface area (Å²) < 4.78 is 527. The first-order valence-corrected chi connectivity index (χ1v) is 30.6. The van der Waals surface area contributed by atoms with Crippen LogP contribution in [0.3, 0.4) is 0 Å². The standard InChI is InChI=1S/C56H80F34N5O14/c1-91(2,3)16-21-101-36(96)31(27-33(38(98)103-23-18-93(7,8)9)29-35(40(100)105-25-20-95(13,14)15)42(58,48(68,69)70)107-56(89,90)46(64,52(80,81)82)109-54(85,86)44(61,62)50(74,75)76)26-32(37(97)102-22-17-92(4,5)6)28-34(39(99)104-24-19-94(10,11)12)30-41(57,47(65,66)67)106-55(87,88)45(63,51(77,78)79)108-53(83,84)43(59,60)49(71,72)73/h31-35H,16-30H2,1-15H3/q+5. The van der Waals surface area contributed by atoms with Gasteiger partial charge in [-0.25, -0.2) is 8.78 Å². The Balaban J connectivity index is 9.84. The van der Waals surface area contributed by atoms with Gasteiger partial charge in [0.25, 0.3) is 0 Å². The third-order valence-electron chi connectivity index (χ3n) is 14.7. The molecule has 0 spiro atoms. The van der Waals surface area contributed by atoms with Crippen LogP contribution in [0, 0.1) is 29.6 Å². The predicted molar refractivity (Wildman–Crippen MR) is 296 cm³/mol. The summed E-state index contributed by atoms with van der Waals surface area (Å²) in [5, 5.41) is 0. The summed E-state index contributed by atoms with van der Waals surface area (Å²) in [6.45, 7) is -9.07. The normalized spacial score (nSPS) is 18.2. The average molecular weight is 1690 g/mol. The second kappa shape index (κ2) is 34.7. The lowest BCUT2D eigenvalue weighted by Crippen LogP contribution is -2.68. The molecule has 0 aliphatic rings. The van der Waals surface area contributed by atoms with Gasteiger partial charge in [-0.3, -0.25) is 42.9 Å². The fourth-order valence-electron chi connectivity index (χ4n) is 8.27. The lowest BCUT2D eigenvalue weighted by atomic mass is 9.78. The van der Waals surface area contributed by atoms with E-state index in [0.717, 1.165) is 21.1 Å². The third kappa shape index (κ3) is 28.6. The molecule has 0 bridgehead atoms. The van der Waals surface area contributed by atoms with E-state index in [1.165, 1.54) is 84.6 Å². The van der Waals surface area contributed by atoms with E-state index in [9.17, 15) is 112 Å². The molecule has 0 fully saturated rings. The Morgan fingerprint density at radius 1 is 0.257 bits per heavy atom. The number of rotatable bonds is 43. The van der Waals surface area contributed by atoms with Gasteiger partial charge in [-0.15, -0.1) is 0 Å². The molecule has 0 N–H and O–H groups in total. The second-order valence-electron chi connectivity index (χ2n) is 29.6. The fraction of sp³-hybridized carbons (Fsp3) is 0.911. The lowest BCUT2D eigenvalue weighted by Gasteiger charge is -2.42. The van der Waals surface area contributed by atoms with E-state index in [4.69, 9.17) is 18.9 Å². The highest BCUT2D eigenvalue weighted by atomic mass is 19.5. The summed E-state index contributed by atoms with van der Waals surface area (Å²) in [5.41, 5.74) is 0. The van der Waals surface area contributed by atoms with Gasteiger partial charge in [0.2, 0.25) is 0 Å². The van der Waals surface area contributed by atoms with E-state index in [0.29, 0.717) is 0 Å². The number of hydrogen-bond donors (Lipinski definition) is 0. The number of ether oxygens (including phenoxy) is 9. The highest BCUT2D eigenvalue weighted by Crippen LogP contribution is 2.60. The van der Waals surface area contributed by atoms with E-state index >= 15 is 61.5 Å². The van der Waals surface area contributed by atoms with Crippen molar-refractivity contribution in [3.05, 3.63) is 0 Å². The van der Waals surface area contributed by atoms with Crippen LogP contribution in [0.25, 0.3) is 0 Å². The SMILES string of the molecule is C[N+](C)(C)CCOC(=O)C(CC(CC(CC(F)(OC(F)(F)C(F)(OC(F)(F)C(F)(F)C(F)(F)F)C(F)(F)F)C(F)(F)F)C(=O)OCC[N+](C)(C)C)C(=O)OCC[N+](C)(C)C)CC(CC(C(=O)OCC[N+](C)(C)C)C(F)(OC(F)(F)C(F)(OC(F)(F)C(F)(F)C(F)(F)F)C(F)(F)F)C(F)(F)F)C(=O)OCC[N+](C)(C)C. The monoisotopic (exact) mass is 1690 g/mol. The van der Waals surface area contributed by atoms with Gasteiger partial charge in [0.1, 0.15) is 71.7 Å². The van der Waals surface area contributed by atoms with Crippen molar-refractivity contribution in [2.45, 2.75) is 129 Å². The molecule has 19 nitrogen and oxygen atoms in total. The summed E-state index contributed by atoms with van der Waals surface area (Å²) in [6, 6.07) is 0. The number of carbonyl (C=O) groups excluding carboxylic acids is 5. The van der Waals surface area contributed by atoms with Gasteiger partial charge in [0.05, 0.1) is 129 Å². The quantitative estimate of drug-likeness (QED) is 0.0245. The van der Waals surface area contributed by atoms with Gasteiger partial charge < -0.3 is 46.1 Å². The molecule has 0 heterocycles. The first-order valence-electron chi connectivity index (χ1n) is 30.6. The van der Waals surface area contributed by atoms with E-state index in [2.05, 4.69) is 14.2 Å². The predicted octanol–water partition coefficient (Wildman–Crippen LogP) is 12.0. The number of hydrogen-bond acceptors (Lipinski definition) is 14. The van der Waals surface area contributed by atoms with Crippen molar-refractivity contribution < 1.29 is 238 Å². The van der Waals surface area contributed by atoms with Crippen molar-refractivity contribution in [1.82, 2.24) is 0 Å². The minimum Gasteiger partial charge on any atom is -0.459 e. The smallest absolute Gasteiger partial charge is 0.459 e. The molecule has 109 heavy (non-hydrogen) atoms. The molecule has 0 aromatic heterocycles. The Kier molecular flexibility index (Phi) is 33.0. The average Bonchev–Trinajstić information content (AvgIpc) is 0.684. The van der Waals surface area contributed by atoms with Gasteiger partial charge in [-0.1, -0.05) is 0 Å². The van der Waals surface area contributed by atoms with Gasteiger partial charge in [0, 0.05) is 6.42 Å². The molecule has 53 heteroatoms. The molecule has 0 radical (unpaired) electrons. The first-order chi connectivity index (χ1) is 47.5. The Hall–Kier alpha value is -5.39. The van der Waals surface area contributed by atoms with Crippen molar-refractivity contribution in [1.29, 1.82) is 0 Å². The van der Waals surface area contributed by atoms with Crippen LogP contribution < -0.4 is 0 Å². The van der Waals surface area contributed by atoms with E-state index < -0.39 is 268 Å². The van der Waals surface area contributed by atoms with Crippen LogP contribution in [0.1, 0.15) is 32.1 Å². The molecule has 9 atom stereocenters. The van der Waals surface area contributed by atoms with Gasteiger partial charge in [-0.05, 0) is 25.7 Å². The Bertz CT molecular complexity index is 2990. The van der Waals surface area contributed by atoms with Gasteiger partial charge in [-0.2, -0.15) is 140 Å². The minimum atomic E-state index is -8.64. The number of likely N-dealkylation sites (N-methyl/N-ethyl adjacent to an activating group) is 5. The van der Waals surface area contributed by atoms with Crippen molar-refractivity contribution in [2.24, 2.45) is 29.6 Å². The van der Waals surface area contributed by atoms with Gasteiger partial charge in [0.15, 0.2) is 0 Å². The van der Waals surface area contributed by atoms with E-state index in [1.54, 1.807) is 9.47 Å². The Labute approximate surface area is 597 Å². The number of alkyl halides is 34. The number of quaternary nitrogens is 5. The zero-order valence-electron chi connectivity index (χ0n) is 59.8. The zero-order valence-corrected chi connectivity index (χ0v) is 59.8. The molecule has 9 unspecified atom stereocenters. The zero-order chi connectivity index (χ0) is 87.2. The molecular formula is C56H80F34N5O14+5. The molecule has 0 aliphatic carbocycles. The molecule has 0 saturated carbocycles. The molecule has 0 saturated heterocycles. The maximum absolute atomic E-state index is 17.5. The highest BCUT2D eigenvalue weighted by molar-refractivity contribution is 5.80.